The quantitative estimate of drug-likeness (QED) is 0.681. The zero-order chi connectivity index (χ0) is 13.2. The SMILES string of the molecule is CCC(Br)c1nnc(-c2ccc3ncccc3c2)o1. The molecule has 19 heavy (non-hydrogen) atoms. The molecule has 3 rings (SSSR count). The highest BCUT2D eigenvalue weighted by atomic mass is 79.9. The van der Waals surface area contributed by atoms with Crippen molar-refractivity contribution < 1.29 is 4.42 Å². The second-order valence-electron chi connectivity index (χ2n) is 4.23. The van der Waals surface area contributed by atoms with E-state index in [2.05, 4.69) is 38.0 Å². The fourth-order valence-electron chi connectivity index (χ4n) is 1.86. The Hall–Kier alpha value is -1.75. The monoisotopic (exact) mass is 317 g/mol. The first-order chi connectivity index (χ1) is 9.28. The van der Waals surface area contributed by atoms with Crippen molar-refractivity contribution in [3.8, 4) is 11.5 Å². The van der Waals surface area contributed by atoms with Crippen LogP contribution in [0.4, 0.5) is 0 Å². The maximum absolute atomic E-state index is 5.68. The zero-order valence-corrected chi connectivity index (χ0v) is 12.0. The molecule has 0 aliphatic rings. The first-order valence-electron chi connectivity index (χ1n) is 6.10. The van der Waals surface area contributed by atoms with E-state index in [-0.39, 0.29) is 4.83 Å². The minimum atomic E-state index is 0.107. The Morgan fingerprint density at radius 1 is 1.26 bits per heavy atom. The third kappa shape index (κ3) is 2.38. The maximum atomic E-state index is 5.68. The van der Waals surface area contributed by atoms with E-state index in [1.165, 1.54) is 0 Å². The Morgan fingerprint density at radius 2 is 2.16 bits per heavy atom. The summed E-state index contributed by atoms with van der Waals surface area (Å²) in [7, 11) is 0. The average molecular weight is 318 g/mol. The first kappa shape index (κ1) is 12.3. The van der Waals surface area contributed by atoms with Gasteiger partial charge in [-0.1, -0.05) is 28.9 Å². The van der Waals surface area contributed by atoms with Crippen LogP contribution in [0.3, 0.4) is 0 Å². The molecule has 96 valence electrons. The zero-order valence-electron chi connectivity index (χ0n) is 10.4. The van der Waals surface area contributed by atoms with Crippen molar-refractivity contribution in [3.63, 3.8) is 0 Å². The average Bonchev–Trinajstić information content (AvgIpc) is 2.95. The van der Waals surface area contributed by atoms with Crippen molar-refractivity contribution >= 4 is 26.8 Å². The molecule has 2 heterocycles. The topological polar surface area (TPSA) is 51.8 Å². The van der Waals surface area contributed by atoms with Crippen LogP contribution in [-0.2, 0) is 0 Å². The fraction of sp³-hybridized carbons (Fsp3) is 0.214. The summed E-state index contributed by atoms with van der Waals surface area (Å²) in [6, 6.07) is 9.84. The molecule has 0 fully saturated rings. The van der Waals surface area contributed by atoms with Crippen molar-refractivity contribution in [2.45, 2.75) is 18.2 Å². The Morgan fingerprint density at radius 3 is 3.00 bits per heavy atom. The fourth-order valence-corrected chi connectivity index (χ4v) is 2.05. The lowest BCUT2D eigenvalue weighted by Gasteiger charge is -2.00. The molecular formula is C14H12BrN3O. The molecule has 1 aromatic carbocycles. The van der Waals surface area contributed by atoms with E-state index in [1.807, 2.05) is 30.3 Å². The molecule has 4 nitrogen and oxygen atoms in total. The van der Waals surface area contributed by atoms with Crippen LogP contribution in [0, 0.1) is 0 Å². The standard InChI is InChI=1S/C14H12BrN3O/c1-2-11(15)14-18-17-13(19-14)10-5-6-12-9(8-10)4-3-7-16-12/h3-8,11H,2H2,1H3. The van der Waals surface area contributed by atoms with E-state index in [0.29, 0.717) is 11.8 Å². The van der Waals surface area contributed by atoms with Crippen LogP contribution in [0.15, 0.2) is 40.9 Å². The van der Waals surface area contributed by atoms with Crippen LogP contribution in [0.5, 0.6) is 0 Å². The van der Waals surface area contributed by atoms with Crippen molar-refractivity contribution in [2.24, 2.45) is 0 Å². The van der Waals surface area contributed by atoms with Gasteiger partial charge in [-0.25, -0.2) is 0 Å². The van der Waals surface area contributed by atoms with Gasteiger partial charge in [0.1, 0.15) is 0 Å². The first-order valence-corrected chi connectivity index (χ1v) is 7.02. The lowest BCUT2D eigenvalue weighted by atomic mass is 10.1. The predicted octanol–water partition coefficient (Wildman–Crippen LogP) is 4.13. The summed E-state index contributed by atoms with van der Waals surface area (Å²) in [6.07, 6.45) is 2.69. The molecule has 0 aliphatic heterocycles. The second kappa shape index (κ2) is 5.09. The highest BCUT2D eigenvalue weighted by Crippen LogP contribution is 2.28. The van der Waals surface area contributed by atoms with Gasteiger partial charge < -0.3 is 4.42 Å². The Balaban J connectivity index is 2.01. The van der Waals surface area contributed by atoms with Crippen LogP contribution < -0.4 is 0 Å². The summed E-state index contributed by atoms with van der Waals surface area (Å²) in [5, 5.41) is 9.22. The summed E-state index contributed by atoms with van der Waals surface area (Å²) in [5.74, 6) is 1.16. The van der Waals surface area contributed by atoms with Crippen LogP contribution >= 0.6 is 15.9 Å². The maximum Gasteiger partial charge on any atom is 0.247 e. The number of aromatic nitrogens is 3. The molecule has 0 amide bonds. The van der Waals surface area contributed by atoms with E-state index < -0.39 is 0 Å². The van der Waals surface area contributed by atoms with Gasteiger partial charge in [-0.15, -0.1) is 10.2 Å². The summed E-state index contributed by atoms with van der Waals surface area (Å²) >= 11 is 3.50. The smallest absolute Gasteiger partial charge is 0.247 e. The number of hydrogen-bond acceptors (Lipinski definition) is 4. The Bertz CT molecular complexity index is 710. The van der Waals surface area contributed by atoms with Crippen molar-refractivity contribution in [3.05, 3.63) is 42.4 Å². The van der Waals surface area contributed by atoms with Crippen LogP contribution in [0.25, 0.3) is 22.4 Å². The van der Waals surface area contributed by atoms with Gasteiger partial charge in [0.2, 0.25) is 11.8 Å². The molecule has 1 unspecified atom stereocenters. The van der Waals surface area contributed by atoms with Crippen LogP contribution in [0.2, 0.25) is 0 Å². The summed E-state index contributed by atoms with van der Waals surface area (Å²) in [4.78, 5) is 4.40. The Kier molecular flexibility index (Phi) is 3.29. The molecule has 3 aromatic rings. The lowest BCUT2D eigenvalue weighted by Crippen LogP contribution is -1.86. The molecule has 0 saturated carbocycles. The molecule has 2 aromatic heterocycles. The number of hydrogen-bond donors (Lipinski definition) is 0. The molecule has 0 spiro atoms. The van der Waals surface area contributed by atoms with Gasteiger partial charge in [-0.2, -0.15) is 0 Å². The van der Waals surface area contributed by atoms with E-state index in [9.17, 15) is 0 Å². The summed E-state index contributed by atoms with van der Waals surface area (Å²) in [5.41, 5.74) is 1.87. The van der Waals surface area contributed by atoms with Gasteiger partial charge in [0.25, 0.3) is 0 Å². The van der Waals surface area contributed by atoms with Gasteiger partial charge in [0.15, 0.2) is 0 Å². The number of nitrogens with zero attached hydrogens (tertiary/aromatic N) is 3. The third-order valence-corrected chi connectivity index (χ3v) is 3.96. The number of benzene rings is 1. The van der Waals surface area contributed by atoms with Gasteiger partial charge in [0.05, 0.1) is 10.3 Å². The third-order valence-electron chi connectivity index (χ3n) is 2.92. The van der Waals surface area contributed by atoms with Crippen LogP contribution in [-0.4, -0.2) is 15.2 Å². The predicted molar refractivity (Wildman–Crippen MR) is 77.0 cm³/mol. The van der Waals surface area contributed by atoms with Crippen molar-refractivity contribution in [2.75, 3.05) is 0 Å². The van der Waals surface area contributed by atoms with Gasteiger partial charge in [-0.05, 0) is 30.7 Å². The molecule has 5 heteroatoms. The number of fused-ring (bicyclic) bond motifs is 1. The molecule has 0 saturated heterocycles. The van der Waals surface area contributed by atoms with Gasteiger partial charge in [-0.3, -0.25) is 4.98 Å². The summed E-state index contributed by atoms with van der Waals surface area (Å²) in [6.45, 7) is 2.06. The van der Waals surface area contributed by atoms with Crippen molar-refractivity contribution in [1.82, 2.24) is 15.2 Å². The second-order valence-corrected chi connectivity index (χ2v) is 5.34. The van der Waals surface area contributed by atoms with Crippen molar-refractivity contribution in [1.29, 1.82) is 0 Å². The van der Waals surface area contributed by atoms with Gasteiger partial charge >= 0.3 is 0 Å². The molecule has 0 bridgehead atoms. The largest absolute Gasteiger partial charge is 0.419 e. The molecule has 0 aliphatic carbocycles. The minimum Gasteiger partial charge on any atom is -0.419 e. The van der Waals surface area contributed by atoms with E-state index in [1.54, 1.807) is 6.20 Å². The number of halogens is 1. The molecule has 0 radical (unpaired) electrons. The van der Waals surface area contributed by atoms with E-state index in [0.717, 1.165) is 22.9 Å². The number of alkyl halides is 1. The lowest BCUT2D eigenvalue weighted by molar-refractivity contribution is 0.500. The Labute approximate surface area is 119 Å². The molecule has 1 atom stereocenters. The minimum absolute atomic E-state index is 0.107. The van der Waals surface area contributed by atoms with E-state index in [4.69, 9.17) is 4.42 Å². The number of rotatable bonds is 3. The number of pyridine rings is 1. The normalized spacial score (nSPS) is 12.7. The molecule has 0 N–H and O–H groups in total. The molecular weight excluding hydrogens is 306 g/mol. The summed E-state index contributed by atoms with van der Waals surface area (Å²) < 4.78 is 5.68. The van der Waals surface area contributed by atoms with Crippen LogP contribution in [0.1, 0.15) is 24.1 Å². The highest BCUT2D eigenvalue weighted by Gasteiger charge is 2.14. The highest BCUT2D eigenvalue weighted by molar-refractivity contribution is 9.09. The van der Waals surface area contributed by atoms with E-state index >= 15 is 0 Å². The van der Waals surface area contributed by atoms with Gasteiger partial charge in [0, 0.05) is 17.1 Å².